The molecule has 3 nitrogen and oxygen atoms in total. The van der Waals surface area contributed by atoms with E-state index < -0.39 is 0 Å². The number of para-hydroxylation sites is 1. The van der Waals surface area contributed by atoms with Crippen LogP contribution in [0, 0.1) is 18.3 Å². The Balaban J connectivity index is 2.09. The molecule has 0 spiro atoms. The highest BCUT2D eigenvalue weighted by Crippen LogP contribution is 2.23. The van der Waals surface area contributed by atoms with Crippen molar-refractivity contribution in [2.45, 2.75) is 13.5 Å². The van der Waals surface area contributed by atoms with E-state index in [9.17, 15) is 0 Å². The van der Waals surface area contributed by atoms with Gasteiger partial charge in [-0.1, -0.05) is 29.8 Å². The Morgan fingerprint density at radius 2 is 2.05 bits per heavy atom. The minimum absolute atomic E-state index is 0.0526. The third-order valence-electron chi connectivity index (χ3n) is 2.92. The van der Waals surface area contributed by atoms with Gasteiger partial charge >= 0.3 is 0 Å². The lowest BCUT2D eigenvalue weighted by molar-refractivity contribution is 0.364. The van der Waals surface area contributed by atoms with Gasteiger partial charge in [0.25, 0.3) is 0 Å². The second-order valence-electron chi connectivity index (χ2n) is 4.37. The van der Waals surface area contributed by atoms with Crippen LogP contribution in [0.2, 0.25) is 5.02 Å². The van der Waals surface area contributed by atoms with Crippen molar-refractivity contribution in [1.29, 1.82) is 5.26 Å². The molecule has 20 heavy (non-hydrogen) atoms. The standard InChI is InChI=1S/C16H15ClN2O/c1-12-10-14(17)6-7-15(12)19-11-13-4-2-3-5-16(13)20-9-8-18/h2-7,10,19H,9,11H2,1H3. The van der Waals surface area contributed by atoms with Crippen molar-refractivity contribution in [3.8, 4) is 11.8 Å². The van der Waals surface area contributed by atoms with E-state index in [-0.39, 0.29) is 6.61 Å². The Bertz CT molecular complexity index is 635. The number of hydrogen-bond donors (Lipinski definition) is 1. The zero-order chi connectivity index (χ0) is 14.4. The first-order valence-electron chi connectivity index (χ1n) is 6.28. The first kappa shape index (κ1) is 14.2. The van der Waals surface area contributed by atoms with E-state index >= 15 is 0 Å². The van der Waals surface area contributed by atoms with E-state index in [4.69, 9.17) is 21.6 Å². The van der Waals surface area contributed by atoms with E-state index in [1.807, 2.05) is 55.5 Å². The number of nitrogens with one attached hydrogen (secondary N) is 1. The van der Waals surface area contributed by atoms with Gasteiger partial charge in [-0.25, -0.2) is 0 Å². The van der Waals surface area contributed by atoms with Gasteiger partial charge in [0.05, 0.1) is 0 Å². The Labute approximate surface area is 123 Å². The molecule has 0 bridgehead atoms. The first-order chi connectivity index (χ1) is 9.70. The molecular weight excluding hydrogens is 272 g/mol. The molecule has 0 aliphatic rings. The summed E-state index contributed by atoms with van der Waals surface area (Å²) in [6.07, 6.45) is 0. The van der Waals surface area contributed by atoms with Crippen LogP contribution in [-0.2, 0) is 6.54 Å². The summed E-state index contributed by atoms with van der Waals surface area (Å²) in [5.74, 6) is 0.730. The number of halogens is 1. The van der Waals surface area contributed by atoms with Gasteiger partial charge in [0.2, 0.25) is 0 Å². The molecular formula is C16H15ClN2O. The van der Waals surface area contributed by atoms with Gasteiger partial charge in [-0.05, 0) is 36.8 Å². The summed E-state index contributed by atoms with van der Waals surface area (Å²) in [4.78, 5) is 0. The number of benzene rings is 2. The molecule has 0 fully saturated rings. The number of nitriles is 1. The third-order valence-corrected chi connectivity index (χ3v) is 3.16. The summed E-state index contributed by atoms with van der Waals surface area (Å²) in [6.45, 7) is 2.69. The van der Waals surface area contributed by atoms with Crippen LogP contribution < -0.4 is 10.1 Å². The Morgan fingerprint density at radius 1 is 1.25 bits per heavy atom. The SMILES string of the molecule is Cc1cc(Cl)ccc1NCc1ccccc1OCC#N. The van der Waals surface area contributed by atoms with Crippen molar-refractivity contribution in [3.63, 3.8) is 0 Å². The predicted molar refractivity (Wildman–Crippen MR) is 81.1 cm³/mol. The van der Waals surface area contributed by atoms with Gasteiger partial charge in [0, 0.05) is 22.8 Å². The van der Waals surface area contributed by atoms with Crippen LogP contribution in [0.1, 0.15) is 11.1 Å². The molecule has 102 valence electrons. The molecule has 0 aliphatic heterocycles. The van der Waals surface area contributed by atoms with Crippen LogP contribution in [-0.4, -0.2) is 6.61 Å². The number of nitrogens with zero attached hydrogens (tertiary/aromatic N) is 1. The van der Waals surface area contributed by atoms with Crippen molar-refractivity contribution in [1.82, 2.24) is 0 Å². The molecule has 0 saturated heterocycles. The lowest BCUT2D eigenvalue weighted by atomic mass is 10.1. The van der Waals surface area contributed by atoms with Gasteiger partial charge in [0.15, 0.2) is 6.61 Å². The molecule has 0 atom stereocenters. The molecule has 0 saturated carbocycles. The molecule has 0 radical (unpaired) electrons. The number of rotatable bonds is 5. The Kier molecular flexibility index (Phi) is 4.86. The molecule has 2 rings (SSSR count). The zero-order valence-electron chi connectivity index (χ0n) is 11.2. The van der Waals surface area contributed by atoms with E-state index in [1.54, 1.807) is 0 Å². The smallest absolute Gasteiger partial charge is 0.174 e. The van der Waals surface area contributed by atoms with Crippen molar-refractivity contribution in [2.75, 3.05) is 11.9 Å². The van der Waals surface area contributed by atoms with Crippen LogP contribution in [0.5, 0.6) is 5.75 Å². The average Bonchev–Trinajstić information content (AvgIpc) is 2.45. The monoisotopic (exact) mass is 286 g/mol. The average molecular weight is 287 g/mol. The largest absolute Gasteiger partial charge is 0.478 e. The molecule has 2 aromatic rings. The van der Waals surface area contributed by atoms with E-state index in [0.29, 0.717) is 6.54 Å². The summed E-state index contributed by atoms with van der Waals surface area (Å²) in [5.41, 5.74) is 3.13. The lowest BCUT2D eigenvalue weighted by Gasteiger charge is -2.13. The molecule has 0 heterocycles. The molecule has 1 N–H and O–H groups in total. The zero-order valence-corrected chi connectivity index (χ0v) is 11.9. The topological polar surface area (TPSA) is 45.0 Å². The number of aryl methyl sites for hydroxylation is 1. The quantitative estimate of drug-likeness (QED) is 0.897. The van der Waals surface area contributed by atoms with Crippen LogP contribution in [0.25, 0.3) is 0 Å². The molecule has 4 heteroatoms. The van der Waals surface area contributed by atoms with E-state index in [1.165, 1.54) is 0 Å². The fourth-order valence-corrected chi connectivity index (χ4v) is 2.14. The predicted octanol–water partition coefficient (Wildman–Crippen LogP) is 4.16. The highest BCUT2D eigenvalue weighted by molar-refractivity contribution is 6.30. The van der Waals surface area contributed by atoms with Crippen LogP contribution in [0.15, 0.2) is 42.5 Å². The van der Waals surface area contributed by atoms with Crippen molar-refractivity contribution in [3.05, 3.63) is 58.6 Å². The van der Waals surface area contributed by atoms with Crippen molar-refractivity contribution in [2.24, 2.45) is 0 Å². The van der Waals surface area contributed by atoms with E-state index in [2.05, 4.69) is 5.32 Å². The number of anilines is 1. The molecule has 2 aromatic carbocycles. The normalized spacial score (nSPS) is 9.85. The van der Waals surface area contributed by atoms with Gasteiger partial charge < -0.3 is 10.1 Å². The molecule has 0 aliphatic carbocycles. The number of hydrogen-bond acceptors (Lipinski definition) is 3. The molecule has 0 amide bonds. The van der Waals surface area contributed by atoms with E-state index in [0.717, 1.165) is 27.6 Å². The first-order valence-corrected chi connectivity index (χ1v) is 6.66. The second kappa shape index (κ2) is 6.83. The minimum Gasteiger partial charge on any atom is -0.478 e. The van der Waals surface area contributed by atoms with Crippen molar-refractivity contribution >= 4 is 17.3 Å². The highest BCUT2D eigenvalue weighted by atomic mass is 35.5. The lowest BCUT2D eigenvalue weighted by Crippen LogP contribution is -2.04. The second-order valence-corrected chi connectivity index (χ2v) is 4.80. The van der Waals surface area contributed by atoms with Crippen molar-refractivity contribution < 1.29 is 4.74 Å². The summed E-state index contributed by atoms with van der Waals surface area (Å²) in [5, 5.41) is 12.7. The summed E-state index contributed by atoms with van der Waals surface area (Å²) < 4.78 is 5.40. The maximum absolute atomic E-state index is 8.59. The fourth-order valence-electron chi connectivity index (χ4n) is 1.92. The maximum Gasteiger partial charge on any atom is 0.174 e. The van der Waals surface area contributed by atoms with Crippen LogP contribution in [0.4, 0.5) is 5.69 Å². The maximum atomic E-state index is 8.59. The van der Waals surface area contributed by atoms with Gasteiger partial charge in [-0.15, -0.1) is 0 Å². The number of ether oxygens (including phenoxy) is 1. The van der Waals surface area contributed by atoms with Gasteiger partial charge in [-0.2, -0.15) is 5.26 Å². The van der Waals surface area contributed by atoms with Gasteiger partial charge in [-0.3, -0.25) is 0 Å². The Hall–Kier alpha value is -2.18. The summed E-state index contributed by atoms with van der Waals surface area (Å²) in [7, 11) is 0. The molecule has 0 aromatic heterocycles. The molecule has 0 unspecified atom stereocenters. The minimum atomic E-state index is 0.0526. The van der Waals surface area contributed by atoms with Gasteiger partial charge in [0.1, 0.15) is 11.8 Å². The highest BCUT2D eigenvalue weighted by Gasteiger charge is 2.04. The fraction of sp³-hybridized carbons (Fsp3) is 0.188. The Morgan fingerprint density at radius 3 is 2.80 bits per heavy atom. The summed E-state index contributed by atoms with van der Waals surface area (Å²) in [6, 6.07) is 15.4. The van der Waals surface area contributed by atoms with Crippen LogP contribution >= 0.6 is 11.6 Å². The summed E-state index contributed by atoms with van der Waals surface area (Å²) >= 11 is 5.94. The van der Waals surface area contributed by atoms with Crippen LogP contribution in [0.3, 0.4) is 0 Å². The third kappa shape index (κ3) is 3.66.